The Morgan fingerprint density at radius 3 is 2.50 bits per heavy atom. The van der Waals surface area contributed by atoms with Crippen molar-refractivity contribution in [1.29, 1.82) is 0 Å². The lowest BCUT2D eigenvalue weighted by Gasteiger charge is -2.11. The molecule has 0 aliphatic heterocycles. The molecule has 118 valence electrons. The normalized spacial score (nSPS) is 11.2. The molecule has 0 radical (unpaired) electrons. The third kappa shape index (κ3) is 2.07. The van der Waals surface area contributed by atoms with Crippen LogP contribution in [-0.4, -0.2) is 15.9 Å². The zero-order valence-corrected chi connectivity index (χ0v) is 13.3. The number of nitrogens with zero attached hydrogens (tertiary/aromatic N) is 1. The Hall–Kier alpha value is -3.14. The van der Waals surface area contributed by atoms with Gasteiger partial charge in [-0.25, -0.2) is 4.98 Å². The zero-order valence-electron chi connectivity index (χ0n) is 13.3. The van der Waals surface area contributed by atoms with E-state index in [0.717, 1.165) is 38.6 Å². The van der Waals surface area contributed by atoms with Crippen molar-refractivity contribution in [3.05, 3.63) is 65.9 Å². The van der Waals surface area contributed by atoms with E-state index in [4.69, 9.17) is 5.73 Å². The lowest BCUT2D eigenvalue weighted by Crippen LogP contribution is -2.16. The lowest BCUT2D eigenvalue weighted by atomic mass is 9.99. The third-order valence-corrected chi connectivity index (χ3v) is 4.39. The van der Waals surface area contributed by atoms with Crippen molar-refractivity contribution < 1.29 is 4.79 Å². The fourth-order valence-corrected chi connectivity index (χ4v) is 3.34. The van der Waals surface area contributed by atoms with Gasteiger partial charge in [-0.3, -0.25) is 4.79 Å². The van der Waals surface area contributed by atoms with Gasteiger partial charge in [0.05, 0.1) is 11.2 Å². The molecule has 0 fully saturated rings. The lowest BCUT2D eigenvalue weighted by molar-refractivity contribution is 0.0995. The van der Waals surface area contributed by atoms with Gasteiger partial charge in [0, 0.05) is 21.9 Å². The highest BCUT2D eigenvalue weighted by Gasteiger charge is 2.20. The molecule has 2 aromatic heterocycles. The van der Waals surface area contributed by atoms with Crippen LogP contribution >= 0.6 is 0 Å². The number of amides is 1. The van der Waals surface area contributed by atoms with E-state index in [-0.39, 0.29) is 0 Å². The number of carbonyl (C=O) groups is 1. The Labute approximate surface area is 139 Å². The zero-order chi connectivity index (χ0) is 16.7. The van der Waals surface area contributed by atoms with Crippen LogP contribution < -0.4 is 5.73 Å². The smallest absolute Gasteiger partial charge is 0.267 e. The fourth-order valence-electron chi connectivity index (χ4n) is 3.34. The van der Waals surface area contributed by atoms with Gasteiger partial charge < -0.3 is 10.7 Å². The molecule has 0 spiro atoms. The summed E-state index contributed by atoms with van der Waals surface area (Å²) in [5, 5.41) is 2.13. The Kier molecular flexibility index (Phi) is 3.31. The Morgan fingerprint density at radius 1 is 1.08 bits per heavy atom. The maximum atomic E-state index is 12.0. The molecule has 0 saturated heterocycles. The number of benzene rings is 2. The average Bonchev–Trinajstić information content (AvgIpc) is 3.00. The maximum absolute atomic E-state index is 12.0. The minimum absolute atomic E-state index is 0.355. The molecule has 2 heterocycles. The second kappa shape index (κ2) is 5.49. The SMILES string of the molecule is CCc1c(C(N)=O)nc(-c2ccccc2)c2[nH]c3ccccc3c12. The van der Waals surface area contributed by atoms with Crippen molar-refractivity contribution in [2.24, 2.45) is 5.73 Å². The van der Waals surface area contributed by atoms with Crippen molar-refractivity contribution >= 4 is 27.7 Å². The highest BCUT2D eigenvalue weighted by molar-refractivity contribution is 6.15. The summed E-state index contributed by atoms with van der Waals surface area (Å²) in [6.45, 7) is 2.02. The van der Waals surface area contributed by atoms with Gasteiger partial charge in [-0.2, -0.15) is 0 Å². The highest BCUT2D eigenvalue weighted by Crippen LogP contribution is 2.35. The first-order chi connectivity index (χ1) is 11.7. The van der Waals surface area contributed by atoms with E-state index >= 15 is 0 Å². The van der Waals surface area contributed by atoms with Gasteiger partial charge in [-0.1, -0.05) is 55.5 Å². The fraction of sp³-hybridized carbons (Fsp3) is 0.100. The summed E-state index contributed by atoms with van der Waals surface area (Å²) in [5.74, 6) is -0.490. The summed E-state index contributed by atoms with van der Waals surface area (Å²) in [4.78, 5) is 20.1. The van der Waals surface area contributed by atoms with Crippen molar-refractivity contribution in [3.8, 4) is 11.3 Å². The number of carbonyl (C=O) groups excluding carboxylic acids is 1. The Morgan fingerprint density at radius 2 is 1.79 bits per heavy atom. The van der Waals surface area contributed by atoms with Crippen LogP contribution in [0.1, 0.15) is 23.0 Å². The number of hydrogen-bond donors (Lipinski definition) is 2. The average molecular weight is 315 g/mol. The molecule has 3 N–H and O–H groups in total. The summed E-state index contributed by atoms with van der Waals surface area (Å²) >= 11 is 0. The molecular formula is C20H17N3O. The van der Waals surface area contributed by atoms with E-state index in [1.165, 1.54) is 0 Å². The molecule has 1 amide bonds. The van der Waals surface area contributed by atoms with Crippen molar-refractivity contribution in [2.45, 2.75) is 13.3 Å². The number of para-hydroxylation sites is 1. The Bertz CT molecular complexity index is 1060. The van der Waals surface area contributed by atoms with E-state index < -0.39 is 5.91 Å². The second-order valence-electron chi connectivity index (χ2n) is 5.79. The number of nitrogens with two attached hydrogens (primary N) is 1. The standard InChI is InChI=1S/C20H17N3O/c1-2-13-16-14-10-6-7-11-15(14)22-19(16)17(23-18(13)20(21)24)12-8-4-3-5-9-12/h3-11,22H,2H2,1H3,(H2,21,24). The molecule has 24 heavy (non-hydrogen) atoms. The molecule has 0 bridgehead atoms. The molecule has 0 unspecified atom stereocenters. The summed E-state index contributed by atoms with van der Waals surface area (Å²) in [5.41, 5.74) is 10.6. The number of primary amides is 1. The van der Waals surface area contributed by atoms with Crippen molar-refractivity contribution in [2.75, 3.05) is 0 Å². The van der Waals surface area contributed by atoms with Crippen LogP contribution in [-0.2, 0) is 6.42 Å². The third-order valence-electron chi connectivity index (χ3n) is 4.39. The van der Waals surface area contributed by atoms with Crippen LogP contribution in [0.2, 0.25) is 0 Å². The largest absolute Gasteiger partial charge is 0.364 e. The van der Waals surface area contributed by atoms with E-state index in [1.54, 1.807) is 0 Å². The Balaban J connectivity index is 2.22. The van der Waals surface area contributed by atoms with Gasteiger partial charge in [0.25, 0.3) is 5.91 Å². The second-order valence-corrected chi connectivity index (χ2v) is 5.79. The van der Waals surface area contributed by atoms with Crippen LogP contribution in [0.4, 0.5) is 0 Å². The molecule has 0 saturated carbocycles. The molecule has 4 aromatic rings. The minimum atomic E-state index is -0.490. The summed E-state index contributed by atoms with van der Waals surface area (Å²) in [6, 6.07) is 18.0. The summed E-state index contributed by atoms with van der Waals surface area (Å²) < 4.78 is 0. The molecule has 0 aliphatic carbocycles. The van der Waals surface area contributed by atoms with E-state index in [2.05, 4.69) is 16.0 Å². The number of H-pyrrole nitrogens is 1. The van der Waals surface area contributed by atoms with Crippen LogP contribution in [0.5, 0.6) is 0 Å². The predicted molar refractivity (Wildman–Crippen MR) is 96.9 cm³/mol. The van der Waals surface area contributed by atoms with Crippen molar-refractivity contribution in [3.63, 3.8) is 0 Å². The van der Waals surface area contributed by atoms with Gasteiger partial charge in [-0.05, 0) is 18.1 Å². The van der Waals surface area contributed by atoms with Gasteiger partial charge in [0.15, 0.2) is 0 Å². The number of aromatic amines is 1. The molecule has 4 nitrogen and oxygen atoms in total. The number of hydrogen-bond acceptors (Lipinski definition) is 2. The number of pyridine rings is 1. The summed E-state index contributed by atoms with van der Waals surface area (Å²) in [7, 11) is 0. The molecule has 0 aliphatic rings. The molecular weight excluding hydrogens is 298 g/mol. The summed E-state index contributed by atoms with van der Waals surface area (Å²) in [6.07, 6.45) is 0.693. The van der Waals surface area contributed by atoms with Crippen LogP contribution in [0.3, 0.4) is 0 Å². The molecule has 2 aromatic carbocycles. The number of aryl methyl sites for hydroxylation is 1. The van der Waals surface area contributed by atoms with E-state index in [1.807, 2.05) is 55.5 Å². The van der Waals surface area contributed by atoms with Crippen LogP contribution in [0, 0.1) is 0 Å². The van der Waals surface area contributed by atoms with Gasteiger partial charge in [0.1, 0.15) is 5.69 Å². The van der Waals surface area contributed by atoms with E-state index in [0.29, 0.717) is 12.1 Å². The monoisotopic (exact) mass is 315 g/mol. The molecule has 4 heteroatoms. The quantitative estimate of drug-likeness (QED) is 0.599. The first-order valence-corrected chi connectivity index (χ1v) is 7.99. The first-order valence-electron chi connectivity index (χ1n) is 7.99. The first kappa shape index (κ1) is 14.5. The van der Waals surface area contributed by atoms with E-state index in [9.17, 15) is 4.79 Å². The number of rotatable bonds is 3. The maximum Gasteiger partial charge on any atom is 0.267 e. The van der Waals surface area contributed by atoms with Crippen molar-refractivity contribution in [1.82, 2.24) is 9.97 Å². The topological polar surface area (TPSA) is 71.8 Å². The van der Waals surface area contributed by atoms with Gasteiger partial charge in [-0.15, -0.1) is 0 Å². The minimum Gasteiger partial charge on any atom is -0.364 e. The highest BCUT2D eigenvalue weighted by atomic mass is 16.1. The van der Waals surface area contributed by atoms with Gasteiger partial charge >= 0.3 is 0 Å². The molecule has 4 rings (SSSR count). The van der Waals surface area contributed by atoms with Gasteiger partial charge in [0.2, 0.25) is 0 Å². The predicted octanol–water partition coefficient (Wildman–Crippen LogP) is 4.04. The number of fused-ring (bicyclic) bond motifs is 3. The van der Waals surface area contributed by atoms with Crippen LogP contribution in [0.25, 0.3) is 33.1 Å². The van der Waals surface area contributed by atoms with Crippen LogP contribution in [0.15, 0.2) is 54.6 Å². The number of nitrogens with one attached hydrogen (secondary N) is 1. The molecule has 0 atom stereocenters. The number of aromatic nitrogens is 2.